The first kappa shape index (κ1) is 21.7. The Kier molecular flexibility index (Phi) is 6.37. The number of aromatic nitrogens is 4. The van der Waals surface area contributed by atoms with Crippen LogP contribution >= 0.6 is 0 Å². The average molecular weight is 425 g/mol. The van der Waals surface area contributed by atoms with Gasteiger partial charge in [-0.2, -0.15) is 13.2 Å². The minimum Gasteiger partial charge on any atom is -0.466 e. The molecular weight excluding hydrogens is 403 g/mol. The van der Waals surface area contributed by atoms with Gasteiger partial charge in [-0.3, -0.25) is 9.59 Å². The van der Waals surface area contributed by atoms with Crippen LogP contribution in [0.2, 0.25) is 0 Å². The highest BCUT2D eigenvalue weighted by atomic mass is 19.4. The van der Waals surface area contributed by atoms with E-state index >= 15 is 0 Å². The van der Waals surface area contributed by atoms with Crippen LogP contribution in [0, 0.1) is 5.41 Å². The molecule has 2 heterocycles. The fourth-order valence-electron chi connectivity index (χ4n) is 3.66. The van der Waals surface area contributed by atoms with Crippen LogP contribution in [0.3, 0.4) is 0 Å². The van der Waals surface area contributed by atoms with E-state index in [1.54, 1.807) is 17.9 Å². The number of carbonyl (C=O) groups is 2. The van der Waals surface area contributed by atoms with Gasteiger partial charge in [-0.1, -0.05) is 18.2 Å². The number of rotatable bonds is 6. The van der Waals surface area contributed by atoms with E-state index in [4.69, 9.17) is 4.74 Å². The van der Waals surface area contributed by atoms with E-state index in [0.29, 0.717) is 31.5 Å². The Morgan fingerprint density at radius 1 is 1.23 bits per heavy atom. The highest BCUT2D eigenvalue weighted by Gasteiger charge is 2.44. The van der Waals surface area contributed by atoms with Crippen LogP contribution in [-0.4, -0.2) is 56.7 Å². The smallest absolute Gasteiger partial charge is 0.416 e. The van der Waals surface area contributed by atoms with E-state index in [1.165, 1.54) is 17.1 Å². The first-order valence-corrected chi connectivity index (χ1v) is 9.55. The summed E-state index contributed by atoms with van der Waals surface area (Å²) in [7, 11) is 0. The molecule has 1 aliphatic rings. The van der Waals surface area contributed by atoms with Gasteiger partial charge in [0.25, 0.3) is 0 Å². The molecule has 0 N–H and O–H groups in total. The third-order valence-corrected chi connectivity index (χ3v) is 5.27. The molecule has 1 amide bonds. The molecule has 0 unspecified atom stereocenters. The minimum absolute atomic E-state index is 0.0208. The number of benzene rings is 1. The van der Waals surface area contributed by atoms with Gasteiger partial charge in [0.05, 0.1) is 17.6 Å². The molecule has 0 spiro atoms. The Morgan fingerprint density at radius 3 is 2.57 bits per heavy atom. The molecule has 1 aliphatic heterocycles. The topological polar surface area (TPSA) is 90.2 Å². The van der Waals surface area contributed by atoms with Gasteiger partial charge in [0, 0.05) is 13.1 Å². The van der Waals surface area contributed by atoms with Gasteiger partial charge < -0.3 is 9.64 Å². The number of piperidine rings is 1. The first-order chi connectivity index (χ1) is 14.2. The van der Waals surface area contributed by atoms with Crippen molar-refractivity contribution >= 4 is 11.9 Å². The van der Waals surface area contributed by atoms with Gasteiger partial charge in [0.2, 0.25) is 5.91 Å². The maximum absolute atomic E-state index is 13.1. The van der Waals surface area contributed by atoms with Crippen LogP contribution in [0.25, 0.3) is 0 Å². The summed E-state index contributed by atoms with van der Waals surface area (Å²) in [5, 5.41) is 10.6. The third-order valence-electron chi connectivity index (χ3n) is 5.27. The zero-order valence-electron chi connectivity index (χ0n) is 16.4. The maximum atomic E-state index is 13.1. The summed E-state index contributed by atoms with van der Waals surface area (Å²) >= 11 is 0. The monoisotopic (exact) mass is 425 g/mol. The van der Waals surface area contributed by atoms with Crippen LogP contribution in [0.4, 0.5) is 13.2 Å². The number of likely N-dealkylation sites (tertiary alicyclic amines) is 1. The predicted octanol–water partition coefficient (Wildman–Crippen LogP) is 2.11. The van der Waals surface area contributed by atoms with Gasteiger partial charge in [0.1, 0.15) is 12.9 Å². The molecule has 1 aromatic heterocycles. The van der Waals surface area contributed by atoms with Gasteiger partial charge in [0.15, 0.2) is 0 Å². The van der Waals surface area contributed by atoms with Crippen LogP contribution in [0.15, 0.2) is 30.6 Å². The van der Waals surface area contributed by atoms with Crippen molar-refractivity contribution in [3.8, 4) is 0 Å². The summed E-state index contributed by atoms with van der Waals surface area (Å²) < 4.78 is 45.7. The number of carbonyl (C=O) groups excluding carboxylic acids is 2. The van der Waals surface area contributed by atoms with E-state index in [9.17, 15) is 22.8 Å². The molecule has 2 aromatic rings. The number of tetrazole rings is 1. The highest BCUT2D eigenvalue weighted by Crippen LogP contribution is 2.38. The van der Waals surface area contributed by atoms with Crippen LogP contribution in [-0.2, 0) is 33.5 Å². The standard InChI is InChI=1S/C19H22F3N5O3/c1-2-30-17(29)18(11-14-4-3-5-15(10-14)19(20,21)22)6-8-26(9-7-18)16(28)12-27-13-23-24-25-27/h3-5,10,13H,2,6-9,11-12H2,1H3. The van der Waals surface area contributed by atoms with Crippen molar-refractivity contribution in [2.75, 3.05) is 19.7 Å². The molecule has 0 saturated carbocycles. The number of hydrogen-bond acceptors (Lipinski definition) is 6. The lowest BCUT2D eigenvalue weighted by Gasteiger charge is -2.40. The summed E-state index contributed by atoms with van der Waals surface area (Å²) in [5.41, 5.74) is -1.33. The second-order valence-corrected chi connectivity index (χ2v) is 7.26. The lowest BCUT2D eigenvalue weighted by molar-refractivity contribution is -0.160. The molecule has 0 bridgehead atoms. The Balaban J connectivity index is 1.74. The van der Waals surface area contributed by atoms with Gasteiger partial charge >= 0.3 is 12.1 Å². The molecule has 30 heavy (non-hydrogen) atoms. The SMILES string of the molecule is CCOC(=O)C1(Cc2cccc(C(F)(F)F)c2)CCN(C(=O)Cn2cnnn2)CC1. The summed E-state index contributed by atoms with van der Waals surface area (Å²) in [5.74, 6) is -0.645. The summed E-state index contributed by atoms with van der Waals surface area (Å²) in [6.45, 7) is 2.41. The molecule has 8 nitrogen and oxygen atoms in total. The van der Waals surface area contributed by atoms with E-state index < -0.39 is 23.1 Å². The van der Waals surface area contributed by atoms with Crippen molar-refractivity contribution in [3.63, 3.8) is 0 Å². The second kappa shape index (κ2) is 8.80. The molecule has 0 radical (unpaired) electrons. The highest BCUT2D eigenvalue weighted by molar-refractivity contribution is 5.79. The molecule has 3 rings (SSSR count). The number of esters is 1. The molecule has 0 atom stereocenters. The molecule has 1 fully saturated rings. The Labute approximate surface area is 171 Å². The number of ether oxygens (including phenoxy) is 1. The Bertz CT molecular complexity index is 878. The van der Waals surface area contributed by atoms with E-state index in [2.05, 4.69) is 15.5 Å². The summed E-state index contributed by atoms with van der Waals surface area (Å²) in [6.07, 6.45) is -2.42. The van der Waals surface area contributed by atoms with Crippen molar-refractivity contribution < 1.29 is 27.5 Å². The lowest BCUT2D eigenvalue weighted by Crippen LogP contribution is -2.49. The molecule has 162 valence electrons. The minimum atomic E-state index is -4.46. The van der Waals surface area contributed by atoms with Crippen LogP contribution < -0.4 is 0 Å². The summed E-state index contributed by atoms with van der Waals surface area (Å²) in [4.78, 5) is 26.8. The van der Waals surface area contributed by atoms with Gasteiger partial charge in [-0.05, 0) is 48.2 Å². The van der Waals surface area contributed by atoms with E-state index in [-0.39, 0.29) is 25.5 Å². The van der Waals surface area contributed by atoms with E-state index in [1.807, 2.05) is 0 Å². The zero-order chi connectivity index (χ0) is 21.8. The maximum Gasteiger partial charge on any atom is 0.416 e. The predicted molar refractivity (Wildman–Crippen MR) is 97.8 cm³/mol. The molecular formula is C19H22F3N5O3. The van der Waals surface area contributed by atoms with Crippen molar-refractivity contribution in [1.29, 1.82) is 0 Å². The third kappa shape index (κ3) is 4.95. The first-order valence-electron chi connectivity index (χ1n) is 9.55. The van der Waals surface area contributed by atoms with Crippen molar-refractivity contribution in [3.05, 3.63) is 41.7 Å². The number of alkyl halides is 3. The van der Waals surface area contributed by atoms with E-state index in [0.717, 1.165) is 12.1 Å². The van der Waals surface area contributed by atoms with Gasteiger partial charge in [-0.25, -0.2) is 4.68 Å². The fourth-order valence-corrected chi connectivity index (χ4v) is 3.66. The molecule has 1 saturated heterocycles. The van der Waals surface area contributed by atoms with Crippen molar-refractivity contribution in [1.82, 2.24) is 25.1 Å². The number of amides is 1. The molecule has 11 heteroatoms. The average Bonchev–Trinajstić information content (AvgIpc) is 3.21. The van der Waals surface area contributed by atoms with Crippen LogP contribution in [0.5, 0.6) is 0 Å². The Morgan fingerprint density at radius 2 is 1.97 bits per heavy atom. The second-order valence-electron chi connectivity index (χ2n) is 7.26. The largest absolute Gasteiger partial charge is 0.466 e. The Hall–Kier alpha value is -2.98. The number of nitrogens with zero attached hydrogens (tertiary/aromatic N) is 5. The normalized spacial score (nSPS) is 16.3. The lowest BCUT2D eigenvalue weighted by atomic mass is 9.73. The van der Waals surface area contributed by atoms with Crippen molar-refractivity contribution in [2.45, 2.75) is 38.9 Å². The van der Waals surface area contributed by atoms with Crippen molar-refractivity contribution in [2.24, 2.45) is 5.41 Å². The zero-order valence-corrected chi connectivity index (χ0v) is 16.4. The molecule has 1 aromatic carbocycles. The fraction of sp³-hybridized carbons (Fsp3) is 0.526. The quantitative estimate of drug-likeness (QED) is 0.659. The van der Waals surface area contributed by atoms with Crippen LogP contribution in [0.1, 0.15) is 30.9 Å². The number of hydrogen-bond donors (Lipinski definition) is 0. The number of halogens is 3. The molecule has 0 aliphatic carbocycles. The summed E-state index contributed by atoms with van der Waals surface area (Å²) in [6, 6.07) is 4.98. The van der Waals surface area contributed by atoms with Gasteiger partial charge in [-0.15, -0.1) is 5.10 Å².